The Labute approximate surface area is 121 Å². The Morgan fingerprint density at radius 3 is 2.43 bits per heavy atom. The molecule has 1 aromatic carbocycles. The maximum absolute atomic E-state index is 13.3. The standard InChI is InChI=1S/C13H13FN4O2S/c1-8-4-11(14)5-9(2)12(8)21(19,20)17-13-10(6-15)7-18(3)16-13/h4-5,7H,1-3H3,(H,16,17). The lowest BCUT2D eigenvalue weighted by Gasteiger charge is -2.11. The molecular weight excluding hydrogens is 295 g/mol. The summed E-state index contributed by atoms with van der Waals surface area (Å²) in [6.45, 7) is 3.02. The predicted molar refractivity (Wildman–Crippen MR) is 74.6 cm³/mol. The van der Waals surface area contributed by atoms with E-state index in [2.05, 4.69) is 9.82 Å². The summed E-state index contributed by atoms with van der Waals surface area (Å²) in [5, 5.41) is 12.9. The summed E-state index contributed by atoms with van der Waals surface area (Å²) in [6, 6.07) is 4.15. The van der Waals surface area contributed by atoms with Gasteiger partial charge in [0.25, 0.3) is 10.0 Å². The van der Waals surface area contributed by atoms with E-state index in [4.69, 9.17) is 5.26 Å². The van der Waals surface area contributed by atoms with E-state index in [1.54, 1.807) is 7.05 Å². The molecule has 6 nitrogen and oxygen atoms in total. The predicted octanol–water partition coefficient (Wildman–Crippen LogP) is 1.85. The number of hydrogen-bond acceptors (Lipinski definition) is 4. The van der Waals surface area contributed by atoms with E-state index < -0.39 is 15.8 Å². The Hall–Kier alpha value is -2.40. The summed E-state index contributed by atoms with van der Waals surface area (Å²) >= 11 is 0. The molecule has 0 amide bonds. The SMILES string of the molecule is Cc1cc(F)cc(C)c1S(=O)(=O)Nc1nn(C)cc1C#N. The van der Waals surface area contributed by atoms with Crippen molar-refractivity contribution < 1.29 is 12.8 Å². The van der Waals surface area contributed by atoms with Crippen LogP contribution >= 0.6 is 0 Å². The molecular formula is C13H13FN4O2S. The van der Waals surface area contributed by atoms with Gasteiger partial charge >= 0.3 is 0 Å². The molecule has 0 radical (unpaired) electrons. The van der Waals surface area contributed by atoms with E-state index in [0.717, 1.165) is 12.1 Å². The highest BCUT2D eigenvalue weighted by Crippen LogP contribution is 2.24. The third kappa shape index (κ3) is 2.87. The third-order valence-electron chi connectivity index (χ3n) is 2.87. The first-order valence-electron chi connectivity index (χ1n) is 5.98. The Morgan fingerprint density at radius 1 is 1.33 bits per heavy atom. The van der Waals surface area contributed by atoms with Crippen molar-refractivity contribution in [3.63, 3.8) is 0 Å². The molecule has 0 bridgehead atoms. The first-order chi connectivity index (χ1) is 9.74. The molecule has 2 rings (SSSR count). The van der Waals surface area contributed by atoms with Crippen molar-refractivity contribution in [2.24, 2.45) is 7.05 Å². The van der Waals surface area contributed by atoms with Gasteiger partial charge in [-0.2, -0.15) is 10.4 Å². The zero-order chi connectivity index (χ0) is 15.8. The van der Waals surface area contributed by atoms with Crippen molar-refractivity contribution in [3.05, 3.63) is 40.8 Å². The number of nitrogens with zero attached hydrogens (tertiary/aromatic N) is 3. The van der Waals surface area contributed by atoms with E-state index in [9.17, 15) is 12.8 Å². The maximum atomic E-state index is 13.3. The largest absolute Gasteiger partial charge is 0.272 e. The molecule has 110 valence electrons. The van der Waals surface area contributed by atoms with E-state index in [0.29, 0.717) is 0 Å². The molecule has 8 heteroatoms. The minimum atomic E-state index is -3.95. The van der Waals surface area contributed by atoms with Crippen LogP contribution in [0.3, 0.4) is 0 Å². The number of aryl methyl sites for hydroxylation is 3. The van der Waals surface area contributed by atoms with Gasteiger partial charge in [-0.1, -0.05) is 0 Å². The second-order valence-corrected chi connectivity index (χ2v) is 6.27. The molecule has 0 aliphatic carbocycles. The molecule has 0 aliphatic heterocycles. The van der Waals surface area contributed by atoms with Crippen molar-refractivity contribution >= 4 is 15.8 Å². The highest BCUT2D eigenvalue weighted by Gasteiger charge is 2.23. The summed E-state index contributed by atoms with van der Waals surface area (Å²) in [6.07, 6.45) is 1.40. The number of sulfonamides is 1. The Morgan fingerprint density at radius 2 is 1.90 bits per heavy atom. The highest BCUT2D eigenvalue weighted by molar-refractivity contribution is 7.92. The van der Waals surface area contributed by atoms with Gasteiger partial charge < -0.3 is 0 Å². The number of rotatable bonds is 3. The number of aromatic nitrogens is 2. The molecule has 1 heterocycles. The Kier molecular flexibility index (Phi) is 3.70. The fraction of sp³-hybridized carbons (Fsp3) is 0.231. The van der Waals surface area contributed by atoms with Gasteiger partial charge in [0.05, 0.1) is 4.90 Å². The molecule has 0 atom stereocenters. The van der Waals surface area contributed by atoms with Crippen molar-refractivity contribution in [1.82, 2.24) is 9.78 Å². The molecule has 2 aromatic rings. The summed E-state index contributed by atoms with van der Waals surface area (Å²) in [7, 11) is -2.38. The van der Waals surface area contributed by atoms with E-state index >= 15 is 0 Å². The van der Waals surface area contributed by atoms with Gasteiger partial charge in [0.15, 0.2) is 5.82 Å². The Balaban J connectivity index is 2.51. The van der Waals surface area contributed by atoms with E-state index in [1.807, 2.05) is 6.07 Å². The third-order valence-corrected chi connectivity index (χ3v) is 4.52. The van der Waals surface area contributed by atoms with Crippen LogP contribution in [0, 0.1) is 31.0 Å². The quantitative estimate of drug-likeness (QED) is 0.937. The van der Waals surface area contributed by atoms with Gasteiger partial charge in [-0.15, -0.1) is 0 Å². The van der Waals surface area contributed by atoms with Crippen LogP contribution < -0.4 is 4.72 Å². The van der Waals surface area contributed by atoms with Crippen molar-refractivity contribution in [3.8, 4) is 6.07 Å². The summed E-state index contributed by atoms with van der Waals surface area (Å²) < 4.78 is 41.8. The molecule has 0 fully saturated rings. The second-order valence-electron chi connectivity index (χ2n) is 4.65. The van der Waals surface area contributed by atoms with Gasteiger partial charge in [-0.25, -0.2) is 12.8 Å². The minimum absolute atomic E-state index is 0.0153. The number of nitrogens with one attached hydrogen (secondary N) is 1. The van der Waals surface area contributed by atoms with Crippen molar-refractivity contribution in [2.45, 2.75) is 18.7 Å². The number of anilines is 1. The van der Waals surface area contributed by atoms with Gasteiger partial charge in [-0.3, -0.25) is 9.40 Å². The Bertz CT molecular complexity index is 827. The van der Waals surface area contributed by atoms with Crippen molar-refractivity contribution in [1.29, 1.82) is 5.26 Å². The van der Waals surface area contributed by atoms with Crippen LogP contribution in [0.25, 0.3) is 0 Å². The normalized spacial score (nSPS) is 11.2. The van der Waals surface area contributed by atoms with Crippen LogP contribution in [0.4, 0.5) is 10.2 Å². The molecule has 0 saturated carbocycles. The number of hydrogen-bond donors (Lipinski definition) is 1. The van der Waals surface area contributed by atoms with Gasteiger partial charge in [0.1, 0.15) is 17.4 Å². The fourth-order valence-corrected chi connectivity index (χ4v) is 3.62. The van der Waals surface area contributed by atoms with E-state index in [-0.39, 0.29) is 27.4 Å². The molecule has 21 heavy (non-hydrogen) atoms. The number of benzene rings is 1. The lowest BCUT2D eigenvalue weighted by molar-refractivity contribution is 0.597. The summed E-state index contributed by atoms with van der Waals surface area (Å²) in [5.74, 6) is -0.553. The maximum Gasteiger partial charge on any atom is 0.263 e. The van der Waals surface area contributed by atoms with Gasteiger partial charge in [0.2, 0.25) is 0 Å². The van der Waals surface area contributed by atoms with Crippen LogP contribution in [0.1, 0.15) is 16.7 Å². The van der Waals surface area contributed by atoms with E-state index in [1.165, 1.54) is 24.7 Å². The smallest absolute Gasteiger partial charge is 0.263 e. The van der Waals surface area contributed by atoms with Crippen LogP contribution in [0.2, 0.25) is 0 Å². The lowest BCUT2D eigenvalue weighted by atomic mass is 10.1. The molecule has 0 unspecified atom stereocenters. The first-order valence-corrected chi connectivity index (χ1v) is 7.46. The van der Waals surface area contributed by atoms with Crippen LogP contribution in [-0.2, 0) is 17.1 Å². The van der Waals surface area contributed by atoms with Crippen LogP contribution in [0.15, 0.2) is 23.2 Å². The first kappa shape index (κ1) is 15.0. The van der Waals surface area contributed by atoms with Crippen LogP contribution in [-0.4, -0.2) is 18.2 Å². The monoisotopic (exact) mass is 308 g/mol. The molecule has 0 spiro atoms. The van der Waals surface area contributed by atoms with Crippen LogP contribution in [0.5, 0.6) is 0 Å². The average Bonchev–Trinajstić information content (AvgIpc) is 2.66. The average molecular weight is 308 g/mol. The molecule has 0 aliphatic rings. The number of nitriles is 1. The number of halogens is 1. The van der Waals surface area contributed by atoms with Crippen molar-refractivity contribution in [2.75, 3.05) is 4.72 Å². The molecule has 1 aromatic heterocycles. The topological polar surface area (TPSA) is 87.8 Å². The zero-order valence-corrected chi connectivity index (χ0v) is 12.5. The molecule has 1 N–H and O–H groups in total. The molecule has 0 saturated heterocycles. The lowest BCUT2D eigenvalue weighted by Crippen LogP contribution is -2.17. The van der Waals surface area contributed by atoms with Gasteiger partial charge in [0, 0.05) is 13.2 Å². The minimum Gasteiger partial charge on any atom is -0.272 e. The summed E-state index contributed by atoms with van der Waals surface area (Å²) in [4.78, 5) is -0.0153. The summed E-state index contributed by atoms with van der Waals surface area (Å²) in [5.41, 5.74) is 0.683. The zero-order valence-electron chi connectivity index (χ0n) is 11.7. The fourth-order valence-electron chi connectivity index (χ4n) is 2.15. The second kappa shape index (κ2) is 5.18. The van der Waals surface area contributed by atoms with Gasteiger partial charge in [-0.05, 0) is 37.1 Å². The highest BCUT2D eigenvalue weighted by atomic mass is 32.2.